The number of aliphatic hydroxyl groups excluding tert-OH is 16. The fourth-order valence-electron chi connectivity index (χ4n) is 14.4. The highest BCUT2D eigenvalue weighted by Gasteiger charge is 2.63. The van der Waals surface area contributed by atoms with E-state index in [-0.39, 0.29) is 12.8 Å². The number of carbonyl (C=O) groups is 5. The van der Waals surface area contributed by atoms with Crippen LogP contribution in [0.5, 0.6) is 0 Å². The summed E-state index contributed by atoms with van der Waals surface area (Å²) in [6.07, 6.45) is -12.8. The zero-order valence-electron chi connectivity index (χ0n) is 64.7. The number of unbranched alkanes of at least 4 members (excludes halogenated alkanes) is 26. The first-order valence-corrected chi connectivity index (χ1v) is 40.1. The third-order valence-electron chi connectivity index (χ3n) is 21.2. The largest absolute Gasteiger partial charge is 0.477 e. The van der Waals surface area contributed by atoms with Crippen molar-refractivity contribution in [3.63, 3.8) is 0 Å². The molecule has 0 unspecified atom stereocenters. The third-order valence-corrected chi connectivity index (χ3v) is 21.2. The second-order valence-corrected chi connectivity index (χ2v) is 30.9. The Kier molecular flexibility index (Phi) is 46.1. The summed E-state index contributed by atoms with van der Waals surface area (Å²) in [5.74, 6) is -13.6. The highest BCUT2D eigenvalue weighted by Crippen LogP contribution is 2.42. The van der Waals surface area contributed by atoms with Crippen LogP contribution < -0.4 is 16.0 Å². The maximum Gasteiger partial charge on any atom is 0.364 e. The molecule has 0 spiro atoms. The average Bonchev–Trinajstić information content (AvgIpc) is 0.743. The Morgan fingerprint density at radius 1 is 0.505 bits per heavy atom. The molecule has 0 bridgehead atoms. The van der Waals surface area contributed by atoms with E-state index in [2.05, 4.69) is 36.7 Å². The van der Waals surface area contributed by atoms with Crippen molar-refractivity contribution >= 4 is 29.7 Å². The predicted octanol–water partition coefficient (Wildman–Crippen LogP) is 0.311. The van der Waals surface area contributed by atoms with Gasteiger partial charge >= 0.3 is 11.9 Å². The van der Waals surface area contributed by atoms with Crippen LogP contribution in [-0.2, 0) is 61.9 Å². The molecule has 21 N–H and O–H groups in total. The second kappa shape index (κ2) is 51.4. The van der Waals surface area contributed by atoms with Gasteiger partial charge in [-0.2, -0.15) is 0 Å². The first-order chi connectivity index (χ1) is 51.8. The molecular weight excluding hydrogens is 1440 g/mol. The molecule has 34 nitrogen and oxygen atoms in total. The molecule has 34 heteroatoms. The summed E-state index contributed by atoms with van der Waals surface area (Å²) in [5.41, 5.74) is 0. The quantitative estimate of drug-likeness (QED) is 0.0364. The number of aliphatic carboxylic acids is 2. The number of nitrogens with one attached hydrogen (secondary N) is 3. The van der Waals surface area contributed by atoms with E-state index in [9.17, 15) is 116 Å². The molecule has 0 saturated carbocycles. The summed E-state index contributed by atoms with van der Waals surface area (Å²) < 4.78 is 46.1. The SMILES string of the molecule is CCCCCCCCCCCCCCCCCCCCC[C@@H](O)C(=O)N[C@@H](CO[C@@H]1O[C@H](CO[C@]2(C(=O)O)C[C@H](O[C@]3(C(=O)O)C[C@H](O)[C@@H](NC(=O)CO[C@@H]4O[C@@H](C)[C@@H](O)[C@@H](O)[C@@H]4O)[C@H]([C@H](O)[C@H](O)CO)O3)[C@@H](NC(C)=O)[C@H]([C@H](O)[C@H](O)CO)O2)[C@@H](O)[C@H](O)[C@H]1O)[C@H](O)[C@H](O)CCCCCCCCCCCC(C)C. The van der Waals surface area contributed by atoms with E-state index >= 15 is 0 Å². The molecular formula is C75H137N3O31. The van der Waals surface area contributed by atoms with Gasteiger partial charge in [-0.15, -0.1) is 0 Å². The van der Waals surface area contributed by atoms with Crippen molar-refractivity contribution in [3.05, 3.63) is 0 Å². The molecule has 0 radical (unpaired) electrons. The molecule has 0 aromatic carbocycles. The van der Waals surface area contributed by atoms with E-state index in [1.54, 1.807) is 0 Å². The summed E-state index contributed by atoms with van der Waals surface area (Å²) in [4.78, 5) is 67.7. The minimum atomic E-state index is -3.41. The lowest BCUT2D eigenvalue weighted by Crippen LogP contribution is -2.72. The van der Waals surface area contributed by atoms with E-state index < -0.39 is 234 Å². The van der Waals surface area contributed by atoms with Crippen molar-refractivity contribution in [1.82, 2.24) is 16.0 Å². The van der Waals surface area contributed by atoms with Crippen molar-refractivity contribution in [2.75, 3.05) is 33.0 Å². The smallest absolute Gasteiger partial charge is 0.364 e. The van der Waals surface area contributed by atoms with E-state index in [1.165, 1.54) is 110 Å². The molecule has 3 amide bonds. The van der Waals surface area contributed by atoms with Gasteiger partial charge in [0.15, 0.2) is 12.6 Å². The van der Waals surface area contributed by atoms with Gasteiger partial charge in [-0.1, -0.05) is 207 Å². The molecule has 4 saturated heterocycles. The molecule has 4 aliphatic rings. The lowest BCUT2D eigenvalue weighted by molar-refractivity contribution is -0.365. The first-order valence-electron chi connectivity index (χ1n) is 40.1. The number of carboxylic acids is 2. The van der Waals surface area contributed by atoms with E-state index in [0.717, 1.165) is 77.6 Å². The molecule has 4 rings (SSSR count). The second-order valence-electron chi connectivity index (χ2n) is 30.9. The van der Waals surface area contributed by atoms with Crippen LogP contribution in [0.15, 0.2) is 0 Å². The van der Waals surface area contributed by atoms with Gasteiger partial charge in [0.1, 0.15) is 98.2 Å². The first kappa shape index (κ1) is 97.8. The average molecular weight is 1580 g/mol. The van der Waals surface area contributed by atoms with Gasteiger partial charge in [-0.25, -0.2) is 9.59 Å². The van der Waals surface area contributed by atoms with Gasteiger partial charge in [-0.3, -0.25) is 14.4 Å². The number of carbonyl (C=O) groups excluding carboxylic acids is 3. The fourth-order valence-corrected chi connectivity index (χ4v) is 14.4. The van der Waals surface area contributed by atoms with Crippen LogP contribution in [0.25, 0.3) is 0 Å². The number of amides is 3. The Labute approximate surface area is 640 Å². The number of carboxylic acid groups (broad SMARTS) is 2. The van der Waals surface area contributed by atoms with Crippen molar-refractivity contribution in [1.29, 1.82) is 0 Å². The Balaban J connectivity index is 1.53. The number of rotatable bonds is 57. The monoisotopic (exact) mass is 1580 g/mol. The maximum atomic E-state index is 13.8. The Morgan fingerprint density at radius 2 is 0.945 bits per heavy atom. The summed E-state index contributed by atoms with van der Waals surface area (Å²) in [6, 6.07) is -5.57. The van der Waals surface area contributed by atoms with Crippen LogP contribution >= 0.6 is 0 Å². The molecule has 0 aromatic heterocycles. The minimum Gasteiger partial charge on any atom is -0.477 e. The van der Waals surface area contributed by atoms with Crippen LogP contribution in [0.4, 0.5) is 0 Å². The summed E-state index contributed by atoms with van der Waals surface area (Å²) >= 11 is 0. The van der Waals surface area contributed by atoms with Gasteiger partial charge in [0.2, 0.25) is 17.7 Å². The standard InChI is InChI=1S/C75H137N3O31/c1-6-7-8-9-10-11-12-13-14-15-16-17-18-19-20-23-27-30-33-36-49(83)69(97)77-47(59(89)48(82)35-32-29-26-24-21-22-25-28-31-34-44(2)3)41-102-71-66(96)64(94)62(92)54(106-71)42-104-74(72(98)99)38-53(57(76-46(5)81)68(108-74)61(91)52(86)40-80)107-75(73(100)101)37-50(84)56(67(109-75)60(90)51(85)39-79)78-55(87)43-103-70-65(95)63(93)58(88)45(4)105-70/h44-45,47-54,56-68,70-71,79-80,82-86,88-96H,6-43H2,1-5H3,(H,76,81)(H,77,97)(H,78,87)(H,98,99)(H,100,101)/t45-,47-,48+,49+,50-,51+,52+,53-,54+,56+,57+,58+,59-,60+,61+,62+,63+,64-,65-,66+,67+,68+,70+,71+,74+,75+/m0/s1. The van der Waals surface area contributed by atoms with Gasteiger partial charge < -0.3 is 146 Å². The lowest BCUT2D eigenvalue weighted by Gasteiger charge is -2.52. The van der Waals surface area contributed by atoms with Gasteiger partial charge in [0.05, 0.1) is 69.0 Å². The molecule has 0 aromatic rings. The van der Waals surface area contributed by atoms with Crippen molar-refractivity contribution < 1.29 is 154 Å². The van der Waals surface area contributed by atoms with Gasteiger partial charge in [0, 0.05) is 19.8 Å². The van der Waals surface area contributed by atoms with Crippen LogP contribution in [0.2, 0.25) is 0 Å². The van der Waals surface area contributed by atoms with Crippen molar-refractivity contribution in [2.24, 2.45) is 5.92 Å². The normalized spacial score (nSPS) is 31.1. The van der Waals surface area contributed by atoms with Crippen LogP contribution in [-0.4, -0.2) is 313 Å². The minimum absolute atomic E-state index is 0.0550. The molecule has 638 valence electrons. The zero-order valence-corrected chi connectivity index (χ0v) is 64.7. The lowest BCUT2D eigenvalue weighted by atomic mass is 9.86. The topological polar surface area (TPSA) is 559 Å². The summed E-state index contributed by atoms with van der Waals surface area (Å²) in [6.45, 7) is 3.20. The number of aliphatic hydroxyl groups is 16. The van der Waals surface area contributed by atoms with Crippen LogP contribution in [0.1, 0.15) is 247 Å². The molecule has 26 atom stereocenters. The van der Waals surface area contributed by atoms with E-state index in [1.807, 2.05) is 0 Å². The Morgan fingerprint density at radius 3 is 1.41 bits per heavy atom. The van der Waals surface area contributed by atoms with Crippen molar-refractivity contribution in [2.45, 2.75) is 405 Å². The number of hydrogen-bond acceptors (Lipinski definition) is 29. The highest BCUT2D eigenvalue weighted by molar-refractivity contribution is 5.81. The van der Waals surface area contributed by atoms with Gasteiger partial charge in [0.25, 0.3) is 11.6 Å². The Hall–Kier alpha value is -3.61. The highest BCUT2D eigenvalue weighted by atomic mass is 16.8. The van der Waals surface area contributed by atoms with Crippen LogP contribution in [0, 0.1) is 5.92 Å². The summed E-state index contributed by atoms with van der Waals surface area (Å²) in [5, 5.41) is 205. The third kappa shape index (κ3) is 32.2. The zero-order chi connectivity index (χ0) is 81.0. The molecule has 109 heavy (non-hydrogen) atoms. The van der Waals surface area contributed by atoms with Gasteiger partial charge in [-0.05, 0) is 25.7 Å². The molecule has 4 fully saturated rings. The fraction of sp³-hybridized carbons (Fsp3) is 0.933. The van der Waals surface area contributed by atoms with E-state index in [0.29, 0.717) is 18.8 Å². The van der Waals surface area contributed by atoms with E-state index in [4.69, 9.17) is 37.9 Å². The molecule has 4 heterocycles. The number of hydrogen-bond donors (Lipinski definition) is 21. The summed E-state index contributed by atoms with van der Waals surface area (Å²) in [7, 11) is 0. The predicted molar refractivity (Wildman–Crippen MR) is 389 cm³/mol. The number of ether oxygens (including phenoxy) is 8. The Bertz CT molecular complexity index is 2540. The maximum absolute atomic E-state index is 13.8. The van der Waals surface area contributed by atoms with Crippen LogP contribution in [0.3, 0.4) is 0 Å². The molecule has 0 aliphatic carbocycles. The van der Waals surface area contributed by atoms with Crippen molar-refractivity contribution in [3.8, 4) is 0 Å². The molecule has 4 aliphatic heterocycles.